The third-order valence-electron chi connectivity index (χ3n) is 8.06. The molecule has 4 aromatic rings. The van der Waals surface area contributed by atoms with E-state index in [0.29, 0.717) is 66.6 Å². The Morgan fingerprint density at radius 1 is 0.875 bits per heavy atom. The maximum absolute atomic E-state index is 14.3. The molecule has 7 nitrogen and oxygen atoms in total. The number of aryl methyl sites for hydroxylation is 3. The van der Waals surface area contributed by atoms with Crippen molar-refractivity contribution in [2.45, 2.75) is 59.3 Å². The average Bonchev–Trinajstić information content (AvgIpc) is 3.09. The van der Waals surface area contributed by atoms with E-state index < -0.39 is 11.7 Å². The minimum atomic E-state index is -4.39. The van der Waals surface area contributed by atoms with Gasteiger partial charge in [-0.05, 0) is 66.4 Å². The van der Waals surface area contributed by atoms with E-state index in [1.54, 1.807) is 27.8 Å². The number of amides is 1. The lowest BCUT2D eigenvalue weighted by Crippen LogP contribution is -2.40. The SMILES string of the molecule is C=O.CCc1nn(CC(=O)N(CCN(CC)CC)Cc2ccc(-c3ccc(C(F)(F)F)cc3)cc2)c(CCc2ccccc2F)nc1=P. The third-order valence-corrected chi connectivity index (χ3v) is 8.46. The molecule has 0 saturated carbocycles. The van der Waals surface area contributed by atoms with E-state index in [9.17, 15) is 22.4 Å². The summed E-state index contributed by atoms with van der Waals surface area (Å²) in [7, 11) is 3.56. The van der Waals surface area contributed by atoms with Gasteiger partial charge in [-0.15, -0.1) is 0 Å². The molecule has 3 aromatic carbocycles. The summed E-state index contributed by atoms with van der Waals surface area (Å²) in [6.45, 7) is 11.3. The Labute approximate surface area is 281 Å². The largest absolute Gasteiger partial charge is 0.416 e. The molecule has 0 aliphatic rings. The summed E-state index contributed by atoms with van der Waals surface area (Å²) in [5, 5.41) is 5.33. The van der Waals surface area contributed by atoms with Crippen LogP contribution in [-0.4, -0.2) is 63.4 Å². The second-order valence-electron chi connectivity index (χ2n) is 11.0. The number of hydrogen-bond acceptors (Lipinski definition) is 5. The molecular weight excluding hydrogens is 641 g/mol. The molecule has 256 valence electrons. The van der Waals surface area contributed by atoms with Crippen molar-refractivity contribution < 1.29 is 27.2 Å². The highest BCUT2D eigenvalue weighted by atomic mass is 31.0. The van der Waals surface area contributed by atoms with Crippen molar-refractivity contribution >= 4 is 21.6 Å². The van der Waals surface area contributed by atoms with E-state index in [2.05, 4.69) is 27.6 Å². The molecule has 0 bridgehead atoms. The summed E-state index contributed by atoms with van der Waals surface area (Å²) < 4.78 is 55.0. The zero-order chi connectivity index (χ0) is 35.3. The number of carbonyl (C=O) groups excluding carboxylic acids is 2. The Balaban J connectivity index is 0.00000307. The Morgan fingerprint density at radius 2 is 1.48 bits per heavy atom. The molecule has 1 heterocycles. The first-order valence-corrected chi connectivity index (χ1v) is 16.3. The van der Waals surface area contributed by atoms with Crippen molar-refractivity contribution in [1.82, 2.24) is 24.6 Å². The Bertz CT molecular complexity index is 1670. The summed E-state index contributed by atoms with van der Waals surface area (Å²) >= 11 is 0. The molecule has 1 amide bonds. The molecule has 0 saturated heterocycles. The van der Waals surface area contributed by atoms with Crippen LogP contribution in [0, 0.1) is 10.9 Å². The third kappa shape index (κ3) is 10.7. The van der Waals surface area contributed by atoms with Crippen molar-refractivity contribution in [3.63, 3.8) is 0 Å². The summed E-state index contributed by atoms with van der Waals surface area (Å²) in [5.41, 5.74) is 2.94. The fraction of sp³-hybridized carbons (Fsp3) is 0.361. The first-order valence-electron chi connectivity index (χ1n) is 15.8. The Hall–Kier alpha value is -4.21. The van der Waals surface area contributed by atoms with Crippen molar-refractivity contribution in [3.8, 4) is 11.1 Å². The van der Waals surface area contributed by atoms with Gasteiger partial charge in [-0.1, -0.05) is 84.2 Å². The highest BCUT2D eigenvalue weighted by Gasteiger charge is 2.30. The molecular formula is C36H42F4N5O2P. The Kier molecular flexibility index (Phi) is 14.6. The van der Waals surface area contributed by atoms with Crippen molar-refractivity contribution in [2.75, 3.05) is 26.2 Å². The lowest BCUT2D eigenvalue weighted by molar-refractivity contribution is -0.137. The van der Waals surface area contributed by atoms with Crippen LogP contribution in [-0.2, 0) is 48.1 Å². The smallest absolute Gasteiger partial charge is 0.335 e. The molecule has 0 fully saturated rings. The maximum Gasteiger partial charge on any atom is 0.416 e. The van der Waals surface area contributed by atoms with Gasteiger partial charge in [0.15, 0.2) is 0 Å². The number of hydrogen-bond donors (Lipinski definition) is 0. The van der Waals surface area contributed by atoms with Gasteiger partial charge in [-0.2, -0.15) is 18.3 Å². The number of halogens is 4. The zero-order valence-electron chi connectivity index (χ0n) is 27.6. The summed E-state index contributed by atoms with van der Waals surface area (Å²) in [6, 6.07) is 19.2. The normalized spacial score (nSPS) is 11.2. The first-order chi connectivity index (χ1) is 23.0. The van der Waals surface area contributed by atoms with Gasteiger partial charge in [-0.25, -0.2) is 14.1 Å². The van der Waals surface area contributed by atoms with Crippen molar-refractivity contribution in [3.05, 3.63) is 112 Å². The molecule has 0 spiro atoms. The van der Waals surface area contributed by atoms with E-state index in [1.807, 2.05) is 38.0 Å². The van der Waals surface area contributed by atoms with Crippen LogP contribution in [0.3, 0.4) is 0 Å². The predicted molar refractivity (Wildman–Crippen MR) is 182 cm³/mol. The van der Waals surface area contributed by atoms with Crippen LogP contribution in [0.5, 0.6) is 0 Å². The second kappa shape index (κ2) is 18.4. The van der Waals surface area contributed by atoms with Gasteiger partial charge in [0.05, 0.1) is 11.3 Å². The van der Waals surface area contributed by atoms with E-state index in [1.165, 1.54) is 18.2 Å². The monoisotopic (exact) mass is 683 g/mol. The number of carbonyl (C=O) groups is 2. The van der Waals surface area contributed by atoms with Gasteiger partial charge in [0.1, 0.15) is 30.0 Å². The van der Waals surface area contributed by atoms with Crippen LogP contribution in [0.1, 0.15) is 49.0 Å². The van der Waals surface area contributed by atoms with Crippen molar-refractivity contribution in [2.24, 2.45) is 0 Å². The molecule has 12 heteroatoms. The molecule has 0 aliphatic heterocycles. The highest BCUT2D eigenvalue weighted by Crippen LogP contribution is 2.31. The van der Waals surface area contributed by atoms with Gasteiger partial charge < -0.3 is 14.6 Å². The van der Waals surface area contributed by atoms with Gasteiger partial charge in [0.2, 0.25) is 5.91 Å². The van der Waals surface area contributed by atoms with Crippen LogP contribution in [0.4, 0.5) is 17.6 Å². The molecule has 0 aliphatic carbocycles. The summed E-state index contributed by atoms with van der Waals surface area (Å²) in [5.74, 6) is 0.159. The molecule has 0 unspecified atom stereocenters. The number of likely N-dealkylation sites (N-methyl/N-ethyl adjacent to an activating group) is 1. The average molecular weight is 684 g/mol. The van der Waals surface area contributed by atoms with Crippen molar-refractivity contribution in [1.29, 1.82) is 0 Å². The van der Waals surface area contributed by atoms with Crippen LogP contribution < -0.4 is 0 Å². The molecule has 1 aromatic heterocycles. The van der Waals surface area contributed by atoms with E-state index >= 15 is 0 Å². The fourth-order valence-electron chi connectivity index (χ4n) is 5.20. The highest BCUT2D eigenvalue weighted by molar-refractivity contribution is 7.06. The maximum atomic E-state index is 14.3. The summed E-state index contributed by atoms with van der Waals surface area (Å²) in [4.78, 5) is 30.7. The lowest BCUT2D eigenvalue weighted by atomic mass is 10.0. The van der Waals surface area contributed by atoms with Gasteiger partial charge in [-0.3, -0.25) is 4.79 Å². The van der Waals surface area contributed by atoms with Crippen LogP contribution >= 0.6 is 8.86 Å². The van der Waals surface area contributed by atoms with Crippen LogP contribution in [0.2, 0.25) is 0 Å². The zero-order valence-corrected chi connectivity index (χ0v) is 28.6. The van der Waals surface area contributed by atoms with E-state index in [-0.39, 0.29) is 18.3 Å². The van der Waals surface area contributed by atoms with Gasteiger partial charge in [0.25, 0.3) is 0 Å². The lowest BCUT2D eigenvalue weighted by Gasteiger charge is -2.27. The number of benzene rings is 3. The molecule has 0 N–H and O–H groups in total. The van der Waals surface area contributed by atoms with E-state index in [0.717, 1.165) is 36.3 Å². The van der Waals surface area contributed by atoms with Crippen LogP contribution in [0.25, 0.3) is 11.1 Å². The van der Waals surface area contributed by atoms with Crippen LogP contribution in [0.15, 0.2) is 72.8 Å². The number of nitrogens with zero attached hydrogens (tertiary/aromatic N) is 5. The molecule has 0 radical (unpaired) electrons. The van der Waals surface area contributed by atoms with E-state index in [4.69, 9.17) is 14.9 Å². The minimum Gasteiger partial charge on any atom is -0.335 e. The predicted octanol–water partition coefficient (Wildman–Crippen LogP) is 7.31. The summed E-state index contributed by atoms with van der Waals surface area (Å²) in [6.07, 6.45) is -2.97. The minimum absolute atomic E-state index is 0.0268. The standard InChI is InChI=1S/C35H40F4N5OP.CH2O/c1-4-31-34(46)40-32(20-17-28-9-7-8-10-30(28)36)44(41-31)24-33(45)43(22-21-42(5-2)6-3)23-25-11-13-26(14-12-25)27-15-18-29(19-16-27)35(37,38)39;1-2/h7-16,18-19,46H,4-6,17,20-24H2,1-3H3;1H2. The molecule has 48 heavy (non-hydrogen) atoms. The molecule has 4 rings (SSSR count). The van der Waals surface area contributed by atoms with Gasteiger partial charge >= 0.3 is 6.18 Å². The first kappa shape index (κ1) is 38.2. The topological polar surface area (TPSA) is 71.3 Å². The van der Waals surface area contributed by atoms with Gasteiger partial charge in [0, 0.05) is 26.1 Å². The number of aromatic nitrogens is 3. The molecule has 0 atom stereocenters. The second-order valence-corrected chi connectivity index (χ2v) is 11.5. The number of rotatable bonds is 14. The fourth-order valence-corrected chi connectivity index (χ4v) is 5.55. The number of alkyl halides is 3. The quantitative estimate of drug-likeness (QED) is 0.103. The Morgan fingerprint density at radius 3 is 2.04 bits per heavy atom.